The Morgan fingerprint density at radius 1 is 1.40 bits per heavy atom. The maximum absolute atomic E-state index is 12.3. The smallest absolute Gasteiger partial charge is 0.410 e. The molecule has 0 heterocycles. The minimum absolute atomic E-state index is 0.154. The van der Waals surface area contributed by atoms with Crippen LogP contribution in [0.2, 0.25) is 0 Å². The molecule has 82 valence electrons. The van der Waals surface area contributed by atoms with Crippen LogP contribution in [-0.2, 0) is 6.18 Å². The van der Waals surface area contributed by atoms with Crippen molar-refractivity contribution in [3.05, 3.63) is 35.4 Å². The van der Waals surface area contributed by atoms with E-state index in [1.807, 2.05) is 0 Å². The van der Waals surface area contributed by atoms with Crippen molar-refractivity contribution in [3.8, 4) is 0 Å². The summed E-state index contributed by atoms with van der Waals surface area (Å²) in [7, 11) is 0. The molecule has 0 aliphatic rings. The zero-order valence-corrected chi connectivity index (χ0v) is 8.56. The minimum atomic E-state index is -4.38. The fourth-order valence-corrected chi connectivity index (χ4v) is 1.49. The van der Waals surface area contributed by atoms with Crippen LogP contribution in [0, 0.1) is 0 Å². The molecule has 0 aliphatic carbocycles. The highest BCUT2D eigenvalue weighted by Gasteiger charge is 2.30. The molecule has 0 amide bonds. The van der Waals surface area contributed by atoms with Gasteiger partial charge in [-0.05, 0) is 18.4 Å². The molecule has 2 nitrogen and oxygen atoms in total. The van der Waals surface area contributed by atoms with Gasteiger partial charge in [0.15, 0.2) is 0 Å². The summed E-state index contributed by atoms with van der Waals surface area (Å²) >= 11 is 1.07. The highest BCUT2D eigenvalue weighted by atomic mass is 32.2. The van der Waals surface area contributed by atoms with Crippen molar-refractivity contribution in [2.45, 2.75) is 6.18 Å². The number of hydrogen-bond donors (Lipinski definition) is 1. The fourth-order valence-electron chi connectivity index (χ4n) is 1.04. The summed E-state index contributed by atoms with van der Waals surface area (Å²) in [6, 6.07) is 4.66. The molecular weight excluding hydrogens is 227 g/mol. The van der Waals surface area contributed by atoms with Crippen LogP contribution in [0.5, 0.6) is 0 Å². The minimum Gasteiger partial charge on any atom is -0.410 e. The zero-order valence-electron chi connectivity index (χ0n) is 7.75. The predicted molar refractivity (Wildman–Crippen MR) is 53.3 cm³/mol. The summed E-state index contributed by atoms with van der Waals surface area (Å²) in [4.78, 5) is 0. The summed E-state index contributed by atoms with van der Waals surface area (Å²) in [6.45, 7) is 0. The van der Waals surface area contributed by atoms with Crippen molar-refractivity contribution in [1.82, 2.24) is 0 Å². The van der Waals surface area contributed by atoms with Crippen LogP contribution in [0.15, 0.2) is 29.4 Å². The quantitative estimate of drug-likeness (QED) is 0.351. The third-order valence-electron chi connectivity index (χ3n) is 1.72. The fraction of sp³-hybridized carbons (Fsp3) is 0.222. The van der Waals surface area contributed by atoms with Crippen LogP contribution in [0.3, 0.4) is 0 Å². The first kappa shape index (κ1) is 11.9. The maximum atomic E-state index is 12.3. The molecule has 1 aromatic carbocycles. The van der Waals surface area contributed by atoms with E-state index in [9.17, 15) is 13.2 Å². The Bertz CT molecular complexity index is 376. The maximum Gasteiger partial charge on any atom is 0.416 e. The van der Waals surface area contributed by atoms with Gasteiger partial charge in [-0.15, -0.1) is 11.8 Å². The molecule has 0 bridgehead atoms. The van der Waals surface area contributed by atoms with Gasteiger partial charge in [0.05, 0.1) is 5.56 Å². The van der Waals surface area contributed by atoms with E-state index >= 15 is 0 Å². The largest absolute Gasteiger partial charge is 0.416 e. The van der Waals surface area contributed by atoms with E-state index < -0.39 is 11.7 Å². The second-order valence-electron chi connectivity index (χ2n) is 2.69. The van der Waals surface area contributed by atoms with Crippen molar-refractivity contribution in [3.63, 3.8) is 0 Å². The molecule has 0 aromatic heterocycles. The second-order valence-corrected chi connectivity index (χ2v) is 3.48. The molecule has 0 saturated heterocycles. The average Bonchev–Trinajstić information content (AvgIpc) is 2.19. The van der Waals surface area contributed by atoms with E-state index in [2.05, 4.69) is 5.16 Å². The number of hydrogen-bond acceptors (Lipinski definition) is 3. The summed E-state index contributed by atoms with van der Waals surface area (Å²) in [5.74, 6) is 0. The van der Waals surface area contributed by atoms with Crippen molar-refractivity contribution < 1.29 is 18.4 Å². The van der Waals surface area contributed by atoms with Crippen molar-refractivity contribution in [2.24, 2.45) is 5.16 Å². The first-order valence-electron chi connectivity index (χ1n) is 3.92. The Kier molecular flexibility index (Phi) is 3.62. The molecule has 6 heteroatoms. The molecule has 0 fully saturated rings. The molecule has 15 heavy (non-hydrogen) atoms. The van der Waals surface area contributed by atoms with Crippen LogP contribution in [0.4, 0.5) is 13.2 Å². The molecule has 0 spiro atoms. The molecular formula is C9H8F3NOS. The van der Waals surface area contributed by atoms with E-state index in [0.717, 1.165) is 23.9 Å². The molecule has 1 rings (SSSR count). The van der Waals surface area contributed by atoms with Crippen LogP contribution < -0.4 is 0 Å². The molecule has 0 saturated carbocycles. The number of halogens is 3. The number of thioether (sulfide) groups is 1. The van der Waals surface area contributed by atoms with Gasteiger partial charge in [0.2, 0.25) is 0 Å². The van der Waals surface area contributed by atoms with E-state index in [1.165, 1.54) is 12.1 Å². The predicted octanol–water partition coefficient (Wildman–Crippen LogP) is 3.20. The van der Waals surface area contributed by atoms with Crippen LogP contribution in [-0.4, -0.2) is 16.5 Å². The molecule has 1 N–H and O–H groups in total. The van der Waals surface area contributed by atoms with E-state index in [0.29, 0.717) is 0 Å². The first-order valence-corrected chi connectivity index (χ1v) is 5.15. The summed E-state index contributed by atoms with van der Waals surface area (Å²) < 4.78 is 37.0. The van der Waals surface area contributed by atoms with Gasteiger partial charge in [0, 0.05) is 5.56 Å². The lowest BCUT2D eigenvalue weighted by atomic mass is 10.1. The number of benzene rings is 1. The van der Waals surface area contributed by atoms with Crippen molar-refractivity contribution in [2.75, 3.05) is 6.26 Å². The van der Waals surface area contributed by atoms with Crippen LogP contribution in [0.25, 0.3) is 0 Å². The van der Waals surface area contributed by atoms with Crippen molar-refractivity contribution in [1.29, 1.82) is 0 Å². The number of oxime groups is 1. The van der Waals surface area contributed by atoms with Gasteiger partial charge in [-0.25, -0.2) is 0 Å². The van der Waals surface area contributed by atoms with E-state index in [-0.39, 0.29) is 10.6 Å². The third-order valence-corrected chi connectivity index (χ3v) is 2.43. The van der Waals surface area contributed by atoms with E-state index in [4.69, 9.17) is 5.21 Å². The van der Waals surface area contributed by atoms with Gasteiger partial charge >= 0.3 is 6.18 Å². The van der Waals surface area contributed by atoms with Gasteiger partial charge in [-0.2, -0.15) is 13.2 Å². The Morgan fingerprint density at radius 2 is 2.07 bits per heavy atom. The number of nitrogens with zero attached hydrogens (tertiary/aromatic N) is 1. The zero-order chi connectivity index (χ0) is 11.5. The third kappa shape index (κ3) is 2.89. The Balaban J connectivity index is 3.14. The SMILES string of the molecule is CSC(=NO)c1cccc(C(F)(F)F)c1. The molecule has 0 atom stereocenters. The lowest BCUT2D eigenvalue weighted by molar-refractivity contribution is -0.137. The van der Waals surface area contributed by atoms with E-state index in [1.54, 1.807) is 6.26 Å². The van der Waals surface area contributed by atoms with Crippen LogP contribution in [0.1, 0.15) is 11.1 Å². The first-order chi connectivity index (χ1) is 6.99. The van der Waals surface area contributed by atoms with Gasteiger partial charge in [0.1, 0.15) is 5.04 Å². The standard InChI is InChI=1S/C9H8F3NOS/c1-15-8(13-14)6-3-2-4-7(5-6)9(10,11)12/h2-5,14H,1H3. The Hall–Kier alpha value is -1.17. The summed E-state index contributed by atoms with van der Waals surface area (Å²) in [6.07, 6.45) is -2.76. The average molecular weight is 235 g/mol. The van der Waals surface area contributed by atoms with Crippen molar-refractivity contribution >= 4 is 16.8 Å². The molecule has 0 aliphatic heterocycles. The summed E-state index contributed by atoms with van der Waals surface area (Å²) in [5.41, 5.74) is -0.505. The monoisotopic (exact) mass is 235 g/mol. The lowest BCUT2D eigenvalue weighted by Gasteiger charge is -2.08. The number of alkyl halides is 3. The normalized spacial score (nSPS) is 12.9. The Morgan fingerprint density at radius 3 is 2.53 bits per heavy atom. The highest BCUT2D eigenvalue weighted by Crippen LogP contribution is 2.30. The molecule has 0 radical (unpaired) electrons. The van der Waals surface area contributed by atoms with Gasteiger partial charge in [0.25, 0.3) is 0 Å². The van der Waals surface area contributed by atoms with Gasteiger partial charge in [-0.1, -0.05) is 17.3 Å². The molecule has 1 aromatic rings. The second kappa shape index (κ2) is 4.57. The molecule has 0 unspecified atom stereocenters. The Labute approximate surface area is 88.8 Å². The summed E-state index contributed by atoms with van der Waals surface area (Å²) in [5, 5.41) is 11.6. The van der Waals surface area contributed by atoms with Gasteiger partial charge < -0.3 is 5.21 Å². The topological polar surface area (TPSA) is 32.6 Å². The highest BCUT2D eigenvalue weighted by molar-refractivity contribution is 8.13. The van der Waals surface area contributed by atoms with Crippen LogP contribution >= 0.6 is 11.8 Å². The lowest BCUT2D eigenvalue weighted by Crippen LogP contribution is -2.06. The number of rotatable bonds is 1. The van der Waals surface area contributed by atoms with Gasteiger partial charge in [-0.3, -0.25) is 0 Å².